The van der Waals surface area contributed by atoms with Crippen molar-refractivity contribution in [1.82, 2.24) is 4.90 Å². The topological polar surface area (TPSA) is 53.3 Å². The molecule has 4 fully saturated rings. The Bertz CT molecular complexity index is 782. The maximum atomic E-state index is 13.5. The highest BCUT2D eigenvalue weighted by Crippen LogP contribution is 2.74. The predicted molar refractivity (Wildman–Crippen MR) is 84.1 cm³/mol. The number of rotatable bonds is 1. The van der Waals surface area contributed by atoms with Crippen LogP contribution in [0.5, 0.6) is 5.75 Å². The Hall–Kier alpha value is -1.86. The normalized spacial score (nSPS) is 45.5. The maximum absolute atomic E-state index is 13.5. The number of ketones is 1. The molecule has 0 amide bonds. The summed E-state index contributed by atoms with van der Waals surface area (Å²) in [5, 5.41) is 9.78. The van der Waals surface area contributed by atoms with Gasteiger partial charge in [-0.2, -0.15) is 5.26 Å². The molecule has 7 rings (SSSR count). The summed E-state index contributed by atoms with van der Waals surface area (Å²) >= 11 is 0. The van der Waals surface area contributed by atoms with Crippen molar-refractivity contribution in [2.75, 3.05) is 13.7 Å². The molecule has 3 saturated heterocycles. The highest BCUT2D eigenvalue weighted by atomic mass is 16.5. The summed E-state index contributed by atoms with van der Waals surface area (Å²) in [6.45, 7) is 3.28. The zero-order valence-electron chi connectivity index (χ0n) is 13.5. The second kappa shape index (κ2) is 3.96. The number of Topliss-reactive ketones (excluding diaryl/α,β-unsaturated/α-hetero) is 1. The molecule has 1 unspecified atom stereocenters. The van der Waals surface area contributed by atoms with Crippen molar-refractivity contribution in [3.63, 3.8) is 0 Å². The summed E-state index contributed by atoms with van der Waals surface area (Å²) in [7, 11) is 1.63. The lowest BCUT2D eigenvalue weighted by Crippen LogP contribution is -2.73. The van der Waals surface area contributed by atoms with E-state index in [4.69, 9.17) is 4.74 Å². The summed E-state index contributed by atoms with van der Waals surface area (Å²) < 4.78 is 5.32. The van der Waals surface area contributed by atoms with Crippen LogP contribution in [0.3, 0.4) is 0 Å². The molecule has 1 spiro atoms. The summed E-state index contributed by atoms with van der Waals surface area (Å²) in [4.78, 5) is 15.9. The number of carbonyl (C=O) groups is 1. The number of hydrogen-bond acceptors (Lipinski definition) is 4. The van der Waals surface area contributed by atoms with Gasteiger partial charge in [0.25, 0.3) is 0 Å². The Balaban J connectivity index is 1.76. The quantitative estimate of drug-likeness (QED) is 0.800. The Labute approximate surface area is 136 Å². The average Bonchev–Trinajstić information content (AvgIpc) is 2.97. The van der Waals surface area contributed by atoms with Gasteiger partial charge >= 0.3 is 0 Å². The highest BCUT2D eigenvalue weighted by Gasteiger charge is 2.80. The third-order valence-corrected chi connectivity index (χ3v) is 7.00. The van der Waals surface area contributed by atoms with E-state index in [9.17, 15) is 10.1 Å². The van der Waals surface area contributed by atoms with E-state index in [1.54, 1.807) is 7.11 Å². The van der Waals surface area contributed by atoms with Crippen molar-refractivity contribution in [1.29, 1.82) is 5.26 Å². The number of benzene rings is 1. The first-order chi connectivity index (χ1) is 11.1. The lowest BCUT2D eigenvalue weighted by Gasteiger charge is -2.63. The molecule has 6 aliphatic rings. The van der Waals surface area contributed by atoms with Gasteiger partial charge in [0.15, 0.2) is 5.78 Å². The Morgan fingerprint density at radius 2 is 2.26 bits per heavy atom. The standard InChI is InChI=1S/C19H20N2O2/c1-18-7-3-4-11(9-20)19-16(18)15(21(19)10-18)13-6-5-12(23-2)8-14(13)17(19)22/h5-6,8,11,15-16H,3-4,7,10H2,1-2H3/t11-,15-,16-,18-,19+/m0/s1. The monoisotopic (exact) mass is 308 g/mol. The van der Waals surface area contributed by atoms with Crippen LogP contribution >= 0.6 is 0 Å². The fourth-order valence-corrected chi connectivity index (χ4v) is 6.23. The summed E-state index contributed by atoms with van der Waals surface area (Å²) in [5.74, 6) is 1.01. The highest BCUT2D eigenvalue weighted by molar-refractivity contribution is 6.09. The molecule has 2 aliphatic carbocycles. The van der Waals surface area contributed by atoms with Gasteiger partial charge in [0.05, 0.1) is 19.1 Å². The van der Waals surface area contributed by atoms with Crippen LogP contribution in [0.2, 0.25) is 0 Å². The average molecular weight is 308 g/mol. The van der Waals surface area contributed by atoms with Gasteiger partial charge in [0.1, 0.15) is 11.3 Å². The first kappa shape index (κ1) is 13.6. The second-order valence-electron chi connectivity index (χ2n) is 7.89. The smallest absolute Gasteiger partial charge is 0.185 e. The molecule has 4 nitrogen and oxygen atoms in total. The van der Waals surface area contributed by atoms with E-state index < -0.39 is 5.54 Å². The molecule has 6 atom stereocenters. The van der Waals surface area contributed by atoms with Crippen molar-refractivity contribution < 1.29 is 9.53 Å². The van der Waals surface area contributed by atoms with Crippen LogP contribution in [-0.4, -0.2) is 29.9 Å². The number of ether oxygens (including phenoxy) is 1. The SMILES string of the molecule is COc1ccc2c(c1)C(=O)[C@]13[C@H](C#N)CCC[C@@]4(C)CN1[C@@H]2[C@@H]43. The van der Waals surface area contributed by atoms with Crippen molar-refractivity contribution >= 4 is 5.78 Å². The third kappa shape index (κ3) is 1.24. The van der Waals surface area contributed by atoms with Gasteiger partial charge in [-0.15, -0.1) is 0 Å². The van der Waals surface area contributed by atoms with Crippen molar-refractivity contribution in [2.24, 2.45) is 17.3 Å². The lowest BCUT2D eigenvalue weighted by molar-refractivity contribution is -0.0898. The molecule has 0 N–H and O–H groups in total. The van der Waals surface area contributed by atoms with E-state index in [0.717, 1.165) is 42.7 Å². The minimum atomic E-state index is -0.565. The molecule has 1 aromatic carbocycles. The van der Waals surface area contributed by atoms with Gasteiger partial charge in [-0.1, -0.05) is 19.4 Å². The molecule has 4 heteroatoms. The van der Waals surface area contributed by atoms with Gasteiger partial charge in [-0.05, 0) is 36.0 Å². The fraction of sp³-hybridized carbons (Fsp3) is 0.579. The number of methoxy groups -OCH3 is 1. The first-order valence-corrected chi connectivity index (χ1v) is 8.47. The number of carbonyl (C=O) groups excluding carboxylic acids is 1. The molecule has 5 bridgehead atoms. The number of nitrogens with zero attached hydrogens (tertiary/aromatic N) is 2. The van der Waals surface area contributed by atoms with Crippen molar-refractivity contribution in [3.05, 3.63) is 29.3 Å². The van der Waals surface area contributed by atoms with Crippen LogP contribution in [0.15, 0.2) is 18.2 Å². The zero-order valence-corrected chi connectivity index (χ0v) is 13.5. The molecule has 4 aliphatic heterocycles. The van der Waals surface area contributed by atoms with Crippen molar-refractivity contribution in [2.45, 2.75) is 37.8 Å². The van der Waals surface area contributed by atoms with E-state index in [1.165, 1.54) is 0 Å². The van der Waals surface area contributed by atoms with E-state index in [0.29, 0.717) is 12.0 Å². The molecule has 4 heterocycles. The van der Waals surface area contributed by atoms with Crippen LogP contribution in [-0.2, 0) is 0 Å². The van der Waals surface area contributed by atoms with E-state index in [2.05, 4.69) is 24.0 Å². The van der Waals surface area contributed by atoms with Crippen LogP contribution in [0.4, 0.5) is 0 Å². The second-order valence-corrected chi connectivity index (χ2v) is 7.89. The van der Waals surface area contributed by atoms with Crippen LogP contribution < -0.4 is 4.74 Å². The Morgan fingerprint density at radius 1 is 1.43 bits per heavy atom. The largest absolute Gasteiger partial charge is 0.497 e. The molecule has 118 valence electrons. The van der Waals surface area contributed by atoms with Gasteiger partial charge in [-0.3, -0.25) is 9.69 Å². The lowest BCUT2D eigenvalue weighted by atomic mass is 9.52. The van der Waals surface area contributed by atoms with Gasteiger partial charge in [0, 0.05) is 24.1 Å². The van der Waals surface area contributed by atoms with Crippen LogP contribution in [0.1, 0.15) is 48.1 Å². The summed E-state index contributed by atoms with van der Waals surface area (Å²) in [6, 6.07) is 8.70. The molecule has 23 heavy (non-hydrogen) atoms. The van der Waals surface area contributed by atoms with E-state index in [1.807, 2.05) is 12.1 Å². The molecule has 1 saturated carbocycles. The van der Waals surface area contributed by atoms with E-state index in [-0.39, 0.29) is 17.1 Å². The summed E-state index contributed by atoms with van der Waals surface area (Å²) in [5.41, 5.74) is 1.53. The number of hydrogen-bond donors (Lipinski definition) is 0. The molecular weight excluding hydrogens is 288 g/mol. The molecule has 1 aromatic rings. The fourth-order valence-electron chi connectivity index (χ4n) is 6.23. The maximum Gasteiger partial charge on any atom is 0.185 e. The minimum absolute atomic E-state index is 0.163. The first-order valence-electron chi connectivity index (χ1n) is 8.47. The van der Waals surface area contributed by atoms with Crippen LogP contribution in [0.25, 0.3) is 0 Å². The van der Waals surface area contributed by atoms with Crippen molar-refractivity contribution in [3.8, 4) is 11.8 Å². The van der Waals surface area contributed by atoms with E-state index >= 15 is 0 Å². The van der Waals surface area contributed by atoms with Gasteiger partial charge < -0.3 is 4.74 Å². The Kier molecular flexibility index (Phi) is 2.34. The van der Waals surface area contributed by atoms with Crippen LogP contribution in [0, 0.1) is 28.6 Å². The van der Waals surface area contributed by atoms with Gasteiger partial charge in [-0.25, -0.2) is 0 Å². The molecule has 0 aromatic heterocycles. The Morgan fingerprint density at radius 3 is 3.00 bits per heavy atom. The van der Waals surface area contributed by atoms with Gasteiger partial charge in [0.2, 0.25) is 0 Å². The molecular formula is C19H20N2O2. The predicted octanol–water partition coefficient (Wildman–Crippen LogP) is 2.95. The minimum Gasteiger partial charge on any atom is -0.497 e. The zero-order chi connectivity index (χ0) is 16.0. The summed E-state index contributed by atoms with van der Waals surface area (Å²) in [6.07, 6.45) is 3.03. The third-order valence-electron chi connectivity index (χ3n) is 7.00. The molecule has 0 radical (unpaired) electrons. The number of nitriles is 1.